The quantitative estimate of drug-likeness (QED) is 0.697. The average molecular weight is 386 g/mol. The number of nitrogens with zero attached hydrogens (tertiary/aromatic N) is 2. The summed E-state index contributed by atoms with van der Waals surface area (Å²) < 4.78 is 5.84. The van der Waals surface area contributed by atoms with E-state index in [0.717, 1.165) is 29.5 Å². The number of hydrogen-bond donors (Lipinski definition) is 0. The maximum absolute atomic E-state index is 13.3. The van der Waals surface area contributed by atoms with Gasteiger partial charge in [0.2, 0.25) is 0 Å². The molecule has 29 heavy (non-hydrogen) atoms. The van der Waals surface area contributed by atoms with Crippen molar-refractivity contribution in [2.75, 3.05) is 0 Å². The van der Waals surface area contributed by atoms with Crippen LogP contribution in [0, 0.1) is 5.41 Å². The molecule has 2 aliphatic heterocycles. The highest BCUT2D eigenvalue weighted by Gasteiger charge is 2.38. The van der Waals surface area contributed by atoms with Gasteiger partial charge in [-0.2, -0.15) is 0 Å². The molecule has 148 valence electrons. The Bertz CT molecular complexity index is 1060. The van der Waals surface area contributed by atoms with Crippen molar-refractivity contribution in [3.8, 4) is 0 Å². The van der Waals surface area contributed by atoms with Crippen LogP contribution in [0.4, 0.5) is 0 Å². The molecule has 1 unspecified atom stereocenters. The second kappa shape index (κ2) is 6.31. The highest BCUT2D eigenvalue weighted by molar-refractivity contribution is 5.99. The van der Waals surface area contributed by atoms with Crippen molar-refractivity contribution in [1.82, 2.24) is 4.90 Å². The van der Waals surface area contributed by atoms with Crippen LogP contribution in [0.5, 0.6) is 0 Å². The Labute approximate surface area is 171 Å². The number of carbonyl (C=O) groups is 1. The zero-order valence-corrected chi connectivity index (χ0v) is 17.2. The minimum absolute atomic E-state index is 0.119. The SMILES string of the molecule is C=C1OC(C(C)(C)C)=NC1c1ccc2c(c1)C(=O)N([C@H]1CCc3ccccc31)C2. The molecule has 2 aromatic rings. The first-order valence-corrected chi connectivity index (χ1v) is 10.3. The molecule has 0 saturated carbocycles. The van der Waals surface area contributed by atoms with Gasteiger partial charge < -0.3 is 9.64 Å². The Hall–Kier alpha value is -2.88. The van der Waals surface area contributed by atoms with Crippen molar-refractivity contribution in [1.29, 1.82) is 0 Å². The van der Waals surface area contributed by atoms with Crippen LogP contribution in [-0.2, 0) is 17.7 Å². The van der Waals surface area contributed by atoms with E-state index in [1.54, 1.807) is 0 Å². The highest BCUT2D eigenvalue weighted by atomic mass is 16.5. The lowest BCUT2D eigenvalue weighted by Crippen LogP contribution is -2.27. The van der Waals surface area contributed by atoms with Crippen LogP contribution in [0.25, 0.3) is 0 Å². The van der Waals surface area contributed by atoms with E-state index < -0.39 is 0 Å². The molecule has 2 aromatic carbocycles. The van der Waals surface area contributed by atoms with Crippen molar-refractivity contribution < 1.29 is 9.53 Å². The zero-order chi connectivity index (χ0) is 20.3. The monoisotopic (exact) mass is 386 g/mol. The van der Waals surface area contributed by atoms with Gasteiger partial charge >= 0.3 is 0 Å². The number of ether oxygens (including phenoxy) is 1. The lowest BCUT2D eigenvalue weighted by molar-refractivity contribution is 0.0701. The highest BCUT2D eigenvalue weighted by Crippen LogP contribution is 2.42. The average Bonchev–Trinajstić information content (AvgIpc) is 3.37. The molecule has 4 heteroatoms. The fraction of sp³-hybridized carbons (Fsp3) is 0.360. The molecule has 4 nitrogen and oxygen atoms in total. The van der Waals surface area contributed by atoms with Crippen molar-refractivity contribution in [3.05, 3.63) is 82.6 Å². The maximum atomic E-state index is 13.3. The largest absolute Gasteiger partial charge is 0.445 e. The normalized spacial score (nSPS) is 23.1. The number of benzene rings is 2. The predicted molar refractivity (Wildman–Crippen MR) is 114 cm³/mol. The molecule has 2 atom stereocenters. The molecule has 3 aliphatic rings. The predicted octanol–water partition coefficient (Wildman–Crippen LogP) is 5.36. The number of carbonyl (C=O) groups excluding carboxylic acids is 1. The molecule has 0 spiro atoms. The summed E-state index contributed by atoms with van der Waals surface area (Å²) >= 11 is 0. The summed E-state index contributed by atoms with van der Waals surface area (Å²) in [6.45, 7) is 11.0. The fourth-order valence-electron chi connectivity index (χ4n) is 4.62. The van der Waals surface area contributed by atoms with Gasteiger partial charge in [-0.1, -0.05) is 63.7 Å². The van der Waals surface area contributed by atoms with E-state index in [9.17, 15) is 4.79 Å². The summed E-state index contributed by atoms with van der Waals surface area (Å²) in [5, 5.41) is 0. The summed E-state index contributed by atoms with van der Waals surface area (Å²) in [7, 11) is 0. The topological polar surface area (TPSA) is 41.9 Å². The third kappa shape index (κ3) is 2.89. The molecular weight excluding hydrogens is 360 g/mol. The van der Waals surface area contributed by atoms with Crippen LogP contribution in [0.15, 0.2) is 59.8 Å². The Kier molecular flexibility index (Phi) is 3.95. The first-order chi connectivity index (χ1) is 13.8. The molecule has 1 aliphatic carbocycles. The third-order valence-corrected chi connectivity index (χ3v) is 6.18. The summed E-state index contributed by atoms with van der Waals surface area (Å²) in [5.41, 5.74) is 5.34. The van der Waals surface area contributed by atoms with Crippen LogP contribution in [-0.4, -0.2) is 16.7 Å². The Morgan fingerprint density at radius 2 is 1.93 bits per heavy atom. The van der Waals surface area contributed by atoms with E-state index in [0.29, 0.717) is 18.2 Å². The smallest absolute Gasteiger partial charge is 0.255 e. The summed E-state index contributed by atoms with van der Waals surface area (Å²) in [5.74, 6) is 1.44. The van der Waals surface area contributed by atoms with Gasteiger partial charge in [0.15, 0.2) is 5.90 Å². The minimum atomic E-state index is -0.247. The molecule has 1 amide bonds. The van der Waals surface area contributed by atoms with E-state index >= 15 is 0 Å². The zero-order valence-electron chi connectivity index (χ0n) is 17.2. The number of amides is 1. The van der Waals surface area contributed by atoms with Crippen LogP contribution in [0.2, 0.25) is 0 Å². The van der Waals surface area contributed by atoms with Gasteiger partial charge in [0, 0.05) is 17.5 Å². The number of aryl methyl sites for hydroxylation is 1. The van der Waals surface area contributed by atoms with E-state index in [2.05, 4.69) is 63.7 Å². The van der Waals surface area contributed by atoms with Gasteiger partial charge in [-0.05, 0) is 41.2 Å². The fourth-order valence-corrected chi connectivity index (χ4v) is 4.62. The lowest BCUT2D eigenvalue weighted by Gasteiger charge is -2.24. The number of fused-ring (bicyclic) bond motifs is 2. The molecule has 0 radical (unpaired) electrons. The van der Waals surface area contributed by atoms with Crippen LogP contribution < -0.4 is 0 Å². The lowest BCUT2D eigenvalue weighted by atomic mass is 9.96. The molecule has 2 heterocycles. The first-order valence-electron chi connectivity index (χ1n) is 10.3. The van der Waals surface area contributed by atoms with E-state index in [-0.39, 0.29) is 23.4 Å². The summed E-state index contributed by atoms with van der Waals surface area (Å²) in [4.78, 5) is 20.1. The molecule has 0 fully saturated rings. The first kappa shape index (κ1) is 18.2. The van der Waals surface area contributed by atoms with Gasteiger partial charge in [-0.15, -0.1) is 0 Å². The molecule has 0 N–H and O–H groups in total. The van der Waals surface area contributed by atoms with Gasteiger partial charge in [0.05, 0.1) is 6.04 Å². The van der Waals surface area contributed by atoms with E-state index in [1.165, 1.54) is 11.1 Å². The standard InChI is InChI=1S/C25H26N2O2/c1-15-22(26-24(29-15)25(2,3)4)17-9-10-18-14-27(23(28)20(18)13-17)21-12-11-16-7-5-6-8-19(16)21/h5-10,13,21-22H,1,11-12,14H2,2-4H3/t21-,22?/m0/s1. The van der Waals surface area contributed by atoms with Gasteiger partial charge in [0.25, 0.3) is 5.91 Å². The number of aliphatic imine (C=N–C) groups is 1. The van der Waals surface area contributed by atoms with Crippen molar-refractivity contribution >= 4 is 11.8 Å². The Morgan fingerprint density at radius 3 is 2.69 bits per heavy atom. The van der Waals surface area contributed by atoms with Crippen LogP contribution >= 0.6 is 0 Å². The molecular formula is C25H26N2O2. The van der Waals surface area contributed by atoms with Gasteiger partial charge in [-0.25, -0.2) is 4.99 Å². The molecule has 0 saturated heterocycles. The number of hydrogen-bond acceptors (Lipinski definition) is 3. The van der Waals surface area contributed by atoms with Crippen molar-refractivity contribution in [2.45, 2.75) is 52.2 Å². The van der Waals surface area contributed by atoms with E-state index in [4.69, 9.17) is 9.73 Å². The van der Waals surface area contributed by atoms with Crippen molar-refractivity contribution in [2.24, 2.45) is 10.4 Å². The van der Waals surface area contributed by atoms with Gasteiger partial charge in [-0.3, -0.25) is 4.79 Å². The van der Waals surface area contributed by atoms with E-state index in [1.807, 2.05) is 11.0 Å². The molecule has 0 bridgehead atoms. The Balaban J connectivity index is 1.45. The summed E-state index contributed by atoms with van der Waals surface area (Å²) in [6.07, 6.45) is 2.04. The molecule has 5 rings (SSSR count). The van der Waals surface area contributed by atoms with Crippen LogP contribution in [0.3, 0.4) is 0 Å². The third-order valence-electron chi connectivity index (χ3n) is 6.18. The second-order valence-corrected chi connectivity index (χ2v) is 9.26. The second-order valence-electron chi connectivity index (χ2n) is 9.26. The maximum Gasteiger partial charge on any atom is 0.255 e. The van der Waals surface area contributed by atoms with Crippen LogP contribution in [0.1, 0.15) is 71.9 Å². The minimum Gasteiger partial charge on any atom is -0.445 e. The van der Waals surface area contributed by atoms with Crippen molar-refractivity contribution in [3.63, 3.8) is 0 Å². The Morgan fingerprint density at radius 1 is 1.14 bits per heavy atom. The summed E-state index contributed by atoms with van der Waals surface area (Å²) in [6, 6.07) is 14.5. The molecule has 0 aromatic heterocycles. The number of rotatable bonds is 2. The van der Waals surface area contributed by atoms with Gasteiger partial charge in [0.1, 0.15) is 11.8 Å².